The Balaban J connectivity index is 2.03. The number of nitrogens with one attached hydrogen (secondary N) is 1. The molecule has 0 bridgehead atoms. The minimum absolute atomic E-state index is 0.303. The fraction of sp³-hybridized carbons (Fsp3) is 0.462. The summed E-state index contributed by atoms with van der Waals surface area (Å²) < 4.78 is 1.84. The Bertz CT molecular complexity index is 554. The van der Waals surface area contributed by atoms with Crippen molar-refractivity contribution in [2.24, 2.45) is 7.05 Å². The highest BCUT2D eigenvalue weighted by Crippen LogP contribution is 2.23. The summed E-state index contributed by atoms with van der Waals surface area (Å²) in [5.41, 5.74) is 2.98. The van der Waals surface area contributed by atoms with Gasteiger partial charge in [0.2, 0.25) is 0 Å². The molecular weight excluding hydrogens is 226 g/mol. The molecule has 0 radical (unpaired) electrons. The van der Waals surface area contributed by atoms with Crippen molar-refractivity contribution >= 4 is 0 Å². The van der Waals surface area contributed by atoms with Crippen molar-refractivity contribution in [2.45, 2.75) is 25.8 Å². The first-order chi connectivity index (χ1) is 8.74. The van der Waals surface area contributed by atoms with E-state index in [4.69, 9.17) is 0 Å². The van der Waals surface area contributed by atoms with Crippen LogP contribution in [0.3, 0.4) is 0 Å². The van der Waals surface area contributed by atoms with Crippen LogP contribution in [-0.2, 0) is 7.05 Å². The molecular formula is C13H17N5. The maximum absolute atomic E-state index is 4.68. The largest absolute Gasteiger partial charge is 0.307 e. The van der Waals surface area contributed by atoms with Crippen LogP contribution in [0.15, 0.2) is 18.3 Å². The topological polar surface area (TPSA) is 55.6 Å². The van der Waals surface area contributed by atoms with Gasteiger partial charge in [-0.15, -0.1) is 0 Å². The van der Waals surface area contributed by atoms with E-state index in [9.17, 15) is 0 Å². The van der Waals surface area contributed by atoms with E-state index in [-0.39, 0.29) is 0 Å². The van der Waals surface area contributed by atoms with Crippen LogP contribution in [0.25, 0.3) is 11.4 Å². The van der Waals surface area contributed by atoms with Crippen LogP contribution in [0.5, 0.6) is 0 Å². The maximum atomic E-state index is 4.68. The Morgan fingerprint density at radius 1 is 1.39 bits per heavy atom. The van der Waals surface area contributed by atoms with Crippen LogP contribution in [-0.4, -0.2) is 26.3 Å². The summed E-state index contributed by atoms with van der Waals surface area (Å²) in [6.07, 6.45) is 4.11. The van der Waals surface area contributed by atoms with Crippen molar-refractivity contribution in [1.82, 2.24) is 25.1 Å². The smallest absolute Gasteiger partial charge is 0.146 e. The Morgan fingerprint density at radius 2 is 2.28 bits per heavy atom. The molecule has 3 rings (SSSR count). The van der Waals surface area contributed by atoms with E-state index < -0.39 is 0 Å². The van der Waals surface area contributed by atoms with Crippen LogP contribution in [0.1, 0.15) is 30.4 Å². The number of hydrogen-bond donors (Lipinski definition) is 1. The maximum Gasteiger partial charge on any atom is 0.146 e. The first-order valence-corrected chi connectivity index (χ1v) is 6.31. The fourth-order valence-electron chi connectivity index (χ4n) is 2.41. The number of hydrogen-bond acceptors (Lipinski definition) is 4. The number of aromatic nitrogens is 4. The summed E-state index contributed by atoms with van der Waals surface area (Å²) in [5, 5.41) is 7.63. The van der Waals surface area contributed by atoms with Gasteiger partial charge in [0.15, 0.2) is 0 Å². The lowest BCUT2D eigenvalue weighted by Crippen LogP contribution is -2.16. The quantitative estimate of drug-likeness (QED) is 0.870. The summed E-state index contributed by atoms with van der Waals surface area (Å²) in [6, 6.07) is 4.29. The predicted molar refractivity (Wildman–Crippen MR) is 68.9 cm³/mol. The minimum Gasteiger partial charge on any atom is -0.307 e. The van der Waals surface area contributed by atoms with Crippen molar-refractivity contribution < 1.29 is 0 Å². The first kappa shape index (κ1) is 11.3. The molecule has 1 aliphatic rings. The Labute approximate surface area is 106 Å². The van der Waals surface area contributed by atoms with Gasteiger partial charge in [-0.3, -0.25) is 4.68 Å². The first-order valence-electron chi connectivity index (χ1n) is 6.31. The Hall–Kier alpha value is -1.75. The highest BCUT2D eigenvalue weighted by atomic mass is 15.3. The number of aryl methyl sites for hydroxylation is 2. The van der Waals surface area contributed by atoms with Gasteiger partial charge in [-0.1, -0.05) is 0 Å². The van der Waals surface area contributed by atoms with Crippen molar-refractivity contribution in [3.63, 3.8) is 0 Å². The second kappa shape index (κ2) is 4.49. The molecule has 0 aromatic carbocycles. The Morgan fingerprint density at radius 3 is 2.94 bits per heavy atom. The molecule has 0 saturated carbocycles. The highest BCUT2D eigenvalue weighted by molar-refractivity contribution is 5.54. The molecule has 1 atom stereocenters. The molecule has 18 heavy (non-hydrogen) atoms. The van der Waals surface area contributed by atoms with Crippen molar-refractivity contribution in [3.8, 4) is 11.4 Å². The lowest BCUT2D eigenvalue weighted by molar-refractivity contribution is 0.602. The zero-order valence-corrected chi connectivity index (χ0v) is 10.7. The average Bonchev–Trinajstić information content (AvgIpc) is 2.98. The van der Waals surface area contributed by atoms with E-state index in [0.717, 1.165) is 35.9 Å². The van der Waals surface area contributed by atoms with Crippen molar-refractivity contribution in [2.75, 3.05) is 6.54 Å². The molecule has 0 amide bonds. The van der Waals surface area contributed by atoms with Crippen molar-refractivity contribution in [3.05, 3.63) is 29.8 Å². The monoisotopic (exact) mass is 243 g/mol. The normalized spacial score (nSPS) is 19.3. The second-order valence-electron chi connectivity index (χ2n) is 4.74. The van der Waals surface area contributed by atoms with Crippen LogP contribution in [0.4, 0.5) is 0 Å². The highest BCUT2D eigenvalue weighted by Gasteiger charge is 2.20. The van der Waals surface area contributed by atoms with Gasteiger partial charge in [0.1, 0.15) is 5.82 Å². The Kier molecular flexibility index (Phi) is 2.83. The van der Waals surface area contributed by atoms with Crippen LogP contribution in [0.2, 0.25) is 0 Å². The van der Waals surface area contributed by atoms with E-state index in [2.05, 4.69) is 20.4 Å². The van der Waals surface area contributed by atoms with Gasteiger partial charge < -0.3 is 5.32 Å². The summed E-state index contributed by atoms with van der Waals surface area (Å²) in [7, 11) is 1.93. The van der Waals surface area contributed by atoms with Gasteiger partial charge in [0.05, 0.1) is 17.4 Å². The zero-order valence-electron chi connectivity index (χ0n) is 10.7. The molecule has 1 aliphatic heterocycles. The molecule has 0 unspecified atom stereocenters. The summed E-state index contributed by atoms with van der Waals surface area (Å²) in [6.45, 7) is 3.07. The van der Waals surface area contributed by atoms with Gasteiger partial charge in [-0.25, -0.2) is 9.97 Å². The molecule has 1 fully saturated rings. The standard InChI is InChI=1S/C13H17N5/c1-9-8-11(12-5-7-15-18(12)2)17-13(16-9)10-4-3-6-14-10/h5,7-8,10,14H,3-4,6H2,1-2H3/t10-/m0/s1. The molecule has 5 heteroatoms. The molecule has 2 aromatic rings. The van der Waals surface area contributed by atoms with Gasteiger partial charge in [-0.2, -0.15) is 5.10 Å². The molecule has 0 spiro atoms. The van der Waals surface area contributed by atoms with E-state index in [1.54, 1.807) is 6.20 Å². The SMILES string of the molecule is Cc1cc(-c2ccnn2C)nc([C@@H]2CCCN2)n1. The molecule has 5 nitrogen and oxygen atoms in total. The molecule has 1 N–H and O–H groups in total. The summed E-state index contributed by atoms with van der Waals surface area (Å²) >= 11 is 0. The second-order valence-corrected chi connectivity index (χ2v) is 4.74. The summed E-state index contributed by atoms with van der Waals surface area (Å²) in [5.74, 6) is 0.906. The van der Waals surface area contributed by atoms with Crippen LogP contribution < -0.4 is 5.32 Å². The van der Waals surface area contributed by atoms with Gasteiger partial charge in [0, 0.05) is 18.9 Å². The van der Waals surface area contributed by atoms with Gasteiger partial charge in [0.25, 0.3) is 0 Å². The van der Waals surface area contributed by atoms with Gasteiger partial charge in [-0.05, 0) is 38.4 Å². The molecule has 2 aromatic heterocycles. The third-order valence-electron chi connectivity index (χ3n) is 3.33. The third-order valence-corrected chi connectivity index (χ3v) is 3.33. The lowest BCUT2D eigenvalue weighted by Gasteiger charge is -2.11. The average molecular weight is 243 g/mol. The summed E-state index contributed by atoms with van der Waals surface area (Å²) in [4.78, 5) is 9.24. The van der Waals surface area contributed by atoms with Crippen molar-refractivity contribution in [1.29, 1.82) is 0 Å². The van der Waals surface area contributed by atoms with E-state index in [1.807, 2.05) is 30.8 Å². The van der Waals surface area contributed by atoms with E-state index in [0.29, 0.717) is 6.04 Å². The van der Waals surface area contributed by atoms with E-state index in [1.165, 1.54) is 6.42 Å². The lowest BCUT2D eigenvalue weighted by atomic mass is 10.2. The zero-order chi connectivity index (χ0) is 12.5. The molecule has 0 aliphatic carbocycles. The number of nitrogens with zero attached hydrogens (tertiary/aromatic N) is 4. The molecule has 3 heterocycles. The van der Waals surface area contributed by atoms with E-state index >= 15 is 0 Å². The van der Waals surface area contributed by atoms with Crippen LogP contribution in [0, 0.1) is 6.92 Å². The third kappa shape index (κ3) is 2.01. The predicted octanol–water partition coefficient (Wildman–Crippen LogP) is 1.61. The molecule has 1 saturated heterocycles. The minimum atomic E-state index is 0.303. The molecule has 94 valence electrons. The fourth-order valence-corrected chi connectivity index (χ4v) is 2.41. The van der Waals surface area contributed by atoms with Crippen LogP contribution >= 0.6 is 0 Å². The van der Waals surface area contributed by atoms with Gasteiger partial charge >= 0.3 is 0 Å². The number of rotatable bonds is 2.